The second-order valence-electron chi connectivity index (χ2n) is 5.12. The van der Waals surface area contributed by atoms with Crippen molar-refractivity contribution in [2.75, 3.05) is 13.1 Å². The predicted molar refractivity (Wildman–Crippen MR) is 93.6 cm³/mol. The van der Waals surface area contributed by atoms with Gasteiger partial charge in [0.25, 0.3) is 0 Å². The monoisotopic (exact) mass is 350 g/mol. The molecule has 0 aliphatic rings. The van der Waals surface area contributed by atoms with Gasteiger partial charge in [0.05, 0.1) is 13.0 Å². The third-order valence-corrected chi connectivity index (χ3v) is 4.39. The molecule has 0 saturated heterocycles. The fourth-order valence-electron chi connectivity index (χ4n) is 2.09. The van der Waals surface area contributed by atoms with Crippen LogP contribution in [-0.2, 0) is 22.6 Å². The maximum absolute atomic E-state index is 12.2. The summed E-state index contributed by atoms with van der Waals surface area (Å²) in [5.74, 6) is -0.201. The predicted octanol–water partition coefficient (Wildman–Crippen LogP) is 3.11. The zero-order valence-electron chi connectivity index (χ0n) is 12.9. The molecular formula is C17H19ClN2O2S. The van der Waals surface area contributed by atoms with Crippen molar-refractivity contribution in [2.24, 2.45) is 0 Å². The summed E-state index contributed by atoms with van der Waals surface area (Å²) in [4.78, 5) is 25.8. The first-order chi connectivity index (χ1) is 11.1. The third kappa shape index (κ3) is 5.69. The van der Waals surface area contributed by atoms with Crippen molar-refractivity contribution >= 4 is 34.8 Å². The lowest BCUT2D eigenvalue weighted by Crippen LogP contribution is -2.41. The van der Waals surface area contributed by atoms with Gasteiger partial charge in [0, 0.05) is 18.1 Å². The van der Waals surface area contributed by atoms with E-state index in [-0.39, 0.29) is 18.4 Å². The van der Waals surface area contributed by atoms with E-state index in [2.05, 4.69) is 5.32 Å². The number of nitrogens with one attached hydrogen (secondary N) is 1. The molecule has 1 N–H and O–H groups in total. The van der Waals surface area contributed by atoms with Crippen LogP contribution in [0.5, 0.6) is 0 Å². The second-order valence-corrected chi connectivity index (χ2v) is 6.34. The number of thiophene rings is 1. The second kappa shape index (κ2) is 8.70. The molecule has 0 radical (unpaired) electrons. The van der Waals surface area contributed by atoms with Gasteiger partial charge in [-0.25, -0.2) is 0 Å². The summed E-state index contributed by atoms with van der Waals surface area (Å²) in [5.41, 5.74) is 1.95. The Morgan fingerprint density at radius 1 is 1.17 bits per heavy atom. The first-order valence-electron chi connectivity index (χ1n) is 7.38. The normalized spacial score (nSPS) is 10.3. The molecule has 0 spiro atoms. The van der Waals surface area contributed by atoms with Crippen LogP contribution in [0.1, 0.15) is 18.1 Å². The lowest BCUT2D eigenvalue weighted by Gasteiger charge is -2.20. The van der Waals surface area contributed by atoms with Crippen molar-refractivity contribution in [3.8, 4) is 0 Å². The van der Waals surface area contributed by atoms with Gasteiger partial charge in [0.15, 0.2) is 0 Å². The Hall–Kier alpha value is -1.85. The van der Waals surface area contributed by atoms with Gasteiger partial charge in [0.2, 0.25) is 11.8 Å². The molecule has 4 nitrogen and oxygen atoms in total. The van der Waals surface area contributed by atoms with E-state index in [0.29, 0.717) is 24.5 Å². The van der Waals surface area contributed by atoms with E-state index < -0.39 is 0 Å². The van der Waals surface area contributed by atoms with Crippen molar-refractivity contribution in [3.63, 3.8) is 0 Å². The molecule has 0 atom stereocenters. The standard InChI is InChI=1S/C17H19ClN2O2S/c1-2-20(17(22)9-14-7-8-23-12-14)11-16(21)19-10-13-3-5-15(18)6-4-13/h3-8,12H,2,9-11H2,1H3,(H,19,21). The Morgan fingerprint density at radius 3 is 2.52 bits per heavy atom. The molecule has 1 aromatic heterocycles. The fourth-order valence-corrected chi connectivity index (χ4v) is 2.88. The van der Waals surface area contributed by atoms with E-state index >= 15 is 0 Å². The highest BCUT2D eigenvalue weighted by Crippen LogP contribution is 2.10. The number of carbonyl (C=O) groups excluding carboxylic acids is 2. The summed E-state index contributed by atoms with van der Waals surface area (Å²) in [6, 6.07) is 9.22. The van der Waals surface area contributed by atoms with Crippen molar-refractivity contribution in [1.82, 2.24) is 10.2 Å². The highest BCUT2D eigenvalue weighted by atomic mass is 35.5. The molecule has 0 saturated carbocycles. The number of hydrogen-bond acceptors (Lipinski definition) is 3. The van der Waals surface area contributed by atoms with Crippen LogP contribution in [0.3, 0.4) is 0 Å². The number of halogens is 1. The molecule has 23 heavy (non-hydrogen) atoms. The molecule has 0 aliphatic carbocycles. The molecule has 0 bridgehead atoms. The Labute approximate surface area is 145 Å². The molecule has 122 valence electrons. The molecular weight excluding hydrogens is 332 g/mol. The van der Waals surface area contributed by atoms with Gasteiger partial charge < -0.3 is 10.2 Å². The third-order valence-electron chi connectivity index (χ3n) is 3.41. The van der Waals surface area contributed by atoms with Crippen molar-refractivity contribution in [3.05, 3.63) is 57.2 Å². The summed E-state index contributed by atoms with van der Waals surface area (Å²) in [6.45, 7) is 2.88. The van der Waals surface area contributed by atoms with Crippen LogP contribution in [0.4, 0.5) is 0 Å². The number of hydrogen-bond donors (Lipinski definition) is 1. The summed E-state index contributed by atoms with van der Waals surface area (Å²) in [5, 5.41) is 7.38. The molecule has 1 aromatic carbocycles. The van der Waals surface area contributed by atoms with Gasteiger partial charge in [0.1, 0.15) is 0 Å². The fraction of sp³-hybridized carbons (Fsp3) is 0.294. The largest absolute Gasteiger partial charge is 0.350 e. The van der Waals surface area contributed by atoms with E-state index in [0.717, 1.165) is 11.1 Å². The minimum atomic E-state index is -0.166. The average molecular weight is 351 g/mol. The first kappa shape index (κ1) is 17.5. The molecule has 0 unspecified atom stereocenters. The van der Waals surface area contributed by atoms with Crippen molar-refractivity contribution < 1.29 is 9.59 Å². The van der Waals surface area contributed by atoms with Gasteiger partial charge in [-0.05, 0) is 47.0 Å². The van der Waals surface area contributed by atoms with Crippen LogP contribution in [-0.4, -0.2) is 29.8 Å². The number of amides is 2. The number of carbonyl (C=O) groups is 2. The smallest absolute Gasteiger partial charge is 0.239 e. The minimum absolute atomic E-state index is 0.0347. The zero-order valence-corrected chi connectivity index (χ0v) is 14.5. The molecule has 1 heterocycles. The Kier molecular flexibility index (Phi) is 6.62. The topological polar surface area (TPSA) is 49.4 Å². The van der Waals surface area contributed by atoms with Gasteiger partial charge in [-0.1, -0.05) is 23.7 Å². The van der Waals surface area contributed by atoms with Crippen LogP contribution >= 0.6 is 22.9 Å². The molecule has 0 fully saturated rings. The maximum Gasteiger partial charge on any atom is 0.239 e. The van der Waals surface area contributed by atoms with Crippen LogP contribution < -0.4 is 5.32 Å². The van der Waals surface area contributed by atoms with E-state index in [1.807, 2.05) is 35.9 Å². The quantitative estimate of drug-likeness (QED) is 0.834. The lowest BCUT2D eigenvalue weighted by atomic mass is 10.2. The van der Waals surface area contributed by atoms with Gasteiger partial charge >= 0.3 is 0 Å². The van der Waals surface area contributed by atoms with Gasteiger partial charge in [-0.3, -0.25) is 9.59 Å². The summed E-state index contributed by atoms with van der Waals surface area (Å²) < 4.78 is 0. The number of benzene rings is 1. The Balaban J connectivity index is 1.81. The Bertz CT molecular complexity index is 641. The van der Waals surface area contributed by atoms with Crippen LogP contribution in [0.2, 0.25) is 5.02 Å². The molecule has 6 heteroatoms. The van der Waals surface area contributed by atoms with E-state index in [9.17, 15) is 9.59 Å². The molecule has 2 rings (SSSR count). The van der Waals surface area contributed by atoms with E-state index in [1.165, 1.54) is 0 Å². The lowest BCUT2D eigenvalue weighted by molar-refractivity contribution is -0.135. The number of likely N-dealkylation sites (N-methyl/N-ethyl adjacent to an activating group) is 1. The first-order valence-corrected chi connectivity index (χ1v) is 8.70. The highest BCUT2D eigenvalue weighted by molar-refractivity contribution is 7.08. The summed E-state index contributed by atoms with van der Waals surface area (Å²) in [6.07, 6.45) is 0.335. The molecule has 0 aliphatic heterocycles. The number of rotatable bonds is 7. The summed E-state index contributed by atoms with van der Waals surface area (Å²) >= 11 is 7.39. The minimum Gasteiger partial charge on any atom is -0.350 e. The van der Waals surface area contributed by atoms with E-state index in [4.69, 9.17) is 11.6 Å². The van der Waals surface area contributed by atoms with Crippen molar-refractivity contribution in [2.45, 2.75) is 19.9 Å². The maximum atomic E-state index is 12.2. The molecule has 2 aromatic rings. The zero-order chi connectivity index (χ0) is 16.7. The van der Waals surface area contributed by atoms with Crippen LogP contribution in [0.15, 0.2) is 41.1 Å². The summed E-state index contributed by atoms with van der Waals surface area (Å²) in [7, 11) is 0. The van der Waals surface area contributed by atoms with Crippen LogP contribution in [0.25, 0.3) is 0 Å². The average Bonchev–Trinajstić information content (AvgIpc) is 3.05. The van der Waals surface area contributed by atoms with Gasteiger partial charge in [-0.15, -0.1) is 0 Å². The van der Waals surface area contributed by atoms with Crippen LogP contribution in [0, 0.1) is 0 Å². The Morgan fingerprint density at radius 2 is 1.91 bits per heavy atom. The number of nitrogens with zero attached hydrogens (tertiary/aromatic N) is 1. The van der Waals surface area contributed by atoms with Gasteiger partial charge in [-0.2, -0.15) is 11.3 Å². The SMILES string of the molecule is CCN(CC(=O)NCc1ccc(Cl)cc1)C(=O)Cc1ccsc1. The highest BCUT2D eigenvalue weighted by Gasteiger charge is 2.16. The van der Waals surface area contributed by atoms with Crippen molar-refractivity contribution in [1.29, 1.82) is 0 Å². The molecule has 2 amide bonds. The van der Waals surface area contributed by atoms with E-state index in [1.54, 1.807) is 28.4 Å².